The summed E-state index contributed by atoms with van der Waals surface area (Å²) in [5.74, 6) is -0.580. The van der Waals surface area contributed by atoms with E-state index in [0.29, 0.717) is 21.3 Å². The molecular weight excluding hydrogens is 573 g/mol. The van der Waals surface area contributed by atoms with Gasteiger partial charge in [0.1, 0.15) is 11.5 Å². The molecule has 0 radical (unpaired) electrons. The number of aliphatic hydroxyl groups is 3. The lowest BCUT2D eigenvalue weighted by molar-refractivity contribution is -0.132. The maximum atomic E-state index is 12.4. The van der Waals surface area contributed by atoms with Crippen LogP contribution in [0, 0.1) is 11.8 Å². The molecule has 11 heteroatoms. The fourth-order valence-electron chi connectivity index (χ4n) is 5.02. The van der Waals surface area contributed by atoms with E-state index in [1.54, 1.807) is 12.1 Å². The number of amides is 1. The van der Waals surface area contributed by atoms with Crippen molar-refractivity contribution in [3.63, 3.8) is 0 Å². The van der Waals surface area contributed by atoms with Crippen LogP contribution in [0.2, 0.25) is 10.0 Å². The lowest BCUT2D eigenvalue weighted by atomic mass is 9.85. The van der Waals surface area contributed by atoms with Crippen molar-refractivity contribution >= 4 is 58.0 Å². The molecule has 0 unspecified atom stereocenters. The minimum absolute atomic E-state index is 0.0200. The highest BCUT2D eigenvalue weighted by atomic mass is 35.5. The van der Waals surface area contributed by atoms with Gasteiger partial charge in [0, 0.05) is 33.4 Å². The Bertz CT molecular complexity index is 1040. The SMILES string of the molecule is O=C(OCCC(=O)N(CCO)CCO)c1ccc(CC[C@@H]2[C@@H](CCc3cc(Cl)cc(Cl)c3)[C@H](O)C[C@H]2Cl)s1. The van der Waals surface area contributed by atoms with Gasteiger partial charge in [-0.05, 0) is 79.8 Å². The Hall–Kier alpha value is -1.39. The molecule has 1 aliphatic carbocycles. The van der Waals surface area contributed by atoms with Gasteiger partial charge in [-0.15, -0.1) is 22.9 Å². The summed E-state index contributed by atoms with van der Waals surface area (Å²) in [5, 5.41) is 29.8. The molecule has 0 saturated heterocycles. The van der Waals surface area contributed by atoms with Gasteiger partial charge in [-0.25, -0.2) is 4.79 Å². The topological polar surface area (TPSA) is 107 Å². The summed E-state index contributed by atoms with van der Waals surface area (Å²) < 4.78 is 5.26. The summed E-state index contributed by atoms with van der Waals surface area (Å²) in [7, 11) is 0. The molecule has 4 atom stereocenters. The summed E-state index contributed by atoms with van der Waals surface area (Å²) in [6, 6.07) is 9.10. The van der Waals surface area contributed by atoms with Crippen molar-refractivity contribution in [1.82, 2.24) is 4.90 Å². The average Bonchev–Trinajstić information content (AvgIpc) is 3.44. The maximum absolute atomic E-state index is 12.4. The third-order valence-corrected chi connectivity index (χ3v) is 8.96. The van der Waals surface area contributed by atoms with Gasteiger partial charge in [-0.1, -0.05) is 23.2 Å². The van der Waals surface area contributed by atoms with E-state index in [4.69, 9.17) is 49.8 Å². The molecule has 1 aromatic heterocycles. The van der Waals surface area contributed by atoms with Crippen molar-refractivity contribution in [1.29, 1.82) is 0 Å². The van der Waals surface area contributed by atoms with Gasteiger partial charge in [-0.3, -0.25) is 4.79 Å². The Morgan fingerprint density at radius 3 is 2.32 bits per heavy atom. The molecule has 1 amide bonds. The van der Waals surface area contributed by atoms with E-state index in [2.05, 4.69) is 0 Å². The number of ether oxygens (including phenoxy) is 1. The van der Waals surface area contributed by atoms with Crippen LogP contribution in [0.4, 0.5) is 0 Å². The summed E-state index contributed by atoms with van der Waals surface area (Å²) in [5.41, 5.74) is 1.03. The van der Waals surface area contributed by atoms with E-state index in [1.807, 2.05) is 18.2 Å². The standard InChI is InChI=1S/C27H34Cl3NO6S/c28-18-13-17(14-19(29)15-18)1-4-22-21(23(30)16-24(22)34)5-2-20-3-6-25(38-20)27(36)37-12-7-26(35)31(8-10-32)9-11-33/h3,6,13-15,21-24,32-34H,1-2,4-5,7-12,16H2/t21-,22-,23-,24-/m1/s1. The number of benzene rings is 1. The second kappa shape index (κ2) is 15.4. The summed E-state index contributed by atoms with van der Waals surface area (Å²) >= 11 is 20.2. The van der Waals surface area contributed by atoms with Crippen molar-refractivity contribution in [2.24, 2.45) is 11.8 Å². The number of nitrogens with zero attached hydrogens (tertiary/aromatic N) is 1. The second-order valence-electron chi connectivity index (χ2n) is 9.48. The Labute approximate surface area is 242 Å². The molecule has 210 valence electrons. The molecule has 1 aromatic carbocycles. The van der Waals surface area contributed by atoms with Crippen LogP contribution >= 0.6 is 46.1 Å². The second-order valence-corrected chi connectivity index (χ2v) is 12.1. The Morgan fingerprint density at radius 2 is 1.66 bits per heavy atom. The molecule has 7 nitrogen and oxygen atoms in total. The molecule has 0 spiro atoms. The van der Waals surface area contributed by atoms with Crippen LogP contribution < -0.4 is 0 Å². The van der Waals surface area contributed by atoms with Crippen molar-refractivity contribution in [3.05, 3.63) is 55.7 Å². The van der Waals surface area contributed by atoms with Gasteiger partial charge >= 0.3 is 5.97 Å². The minimum Gasteiger partial charge on any atom is -0.461 e. The highest BCUT2D eigenvalue weighted by Gasteiger charge is 2.40. The molecule has 3 N–H and O–H groups in total. The average molecular weight is 607 g/mol. The van der Waals surface area contributed by atoms with Crippen LogP contribution in [-0.2, 0) is 22.4 Å². The zero-order valence-electron chi connectivity index (χ0n) is 21.0. The van der Waals surface area contributed by atoms with E-state index in [9.17, 15) is 14.7 Å². The monoisotopic (exact) mass is 605 g/mol. The minimum atomic E-state index is -0.491. The number of halogens is 3. The van der Waals surface area contributed by atoms with E-state index in [-0.39, 0.29) is 62.5 Å². The third kappa shape index (κ3) is 9.08. The summed E-state index contributed by atoms with van der Waals surface area (Å²) in [6.07, 6.45) is 3.13. The Kier molecular flexibility index (Phi) is 12.6. The molecule has 0 aliphatic heterocycles. The summed E-state index contributed by atoms with van der Waals surface area (Å²) in [4.78, 5) is 27.4. The molecular formula is C27H34Cl3NO6S. The molecule has 1 fully saturated rings. The highest BCUT2D eigenvalue weighted by molar-refractivity contribution is 7.13. The number of carbonyl (C=O) groups is 2. The first kappa shape index (κ1) is 31.1. The Morgan fingerprint density at radius 1 is 1.00 bits per heavy atom. The predicted octanol–water partition coefficient (Wildman–Crippen LogP) is 4.58. The van der Waals surface area contributed by atoms with E-state index < -0.39 is 12.1 Å². The number of alkyl halides is 1. The van der Waals surface area contributed by atoms with E-state index >= 15 is 0 Å². The van der Waals surface area contributed by atoms with Gasteiger partial charge in [0.05, 0.1) is 25.7 Å². The van der Waals surface area contributed by atoms with E-state index in [0.717, 1.165) is 36.1 Å². The van der Waals surface area contributed by atoms with Gasteiger partial charge in [0.2, 0.25) is 5.91 Å². The lowest BCUT2D eigenvalue weighted by Gasteiger charge is -2.23. The molecule has 1 saturated carbocycles. The number of rotatable bonds is 14. The van der Waals surface area contributed by atoms with Gasteiger partial charge in [0.15, 0.2) is 0 Å². The van der Waals surface area contributed by atoms with Crippen LogP contribution in [0.15, 0.2) is 30.3 Å². The van der Waals surface area contributed by atoms with Crippen LogP contribution in [0.3, 0.4) is 0 Å². The normalized spacial score (nSPS) is 21.0. The fraction of sp³-hybridized carbons (Fsp3) is 0.556. The number of aliphatic hydroxyl groups excluding tert-OH is 3. The van der Waals surface area contributed by atoms with Crippen LogP contribution in [0.25, 0.3) is 0 Å². The van der Waals surface area contributed by atoms with E-state index in [1.165, 1.54) is 16.2 Å². The maximum Gasteiger partial charge on any atom is 0.348 e. The number of thiophene rings is 1. The summed E-state index contributed by atoms with van der Waals surface area (Å²) in [6.45, 7) is -0.237. The van der Waals surface area contributed by atoms with Crippen LogP contribution in [-0.4, -0.2) is 76.5 Å². The van der Waals surface area contributed by atoms with Crippen molar-refractivity contribution in [2.45, 2.75) is 50.0 Å². The van der Waals surface area contributed by atoms with Gasteiger partial charge < -0.3 is 25.0 Å². The molecule has 1 aliphatic rings. The first-order valence-corrected chi connectivity index (χ1v) is 14.7. The molecule has 38 heavy (non-hydrogen) atoms. The molecule has 0 bridgehead atoms. The Balaban J connectivity index is 1.48. The number of esters is 1. The lowest BCUT2D eigenvalue weighted by Crippen LogP contribution is -2.36. The quantitative estimate of drug-likeness (QED) is 0.215. The van der Waals surface area contributed by atoms with Crippen molar-refractivity contribution in [3.8, 4) is 0 Å². The van der Waals surface area contributed by atoms with Crippen molar-refractivity contribution < 1.29 is 29.6 Å². The van der Waals surface area contributed by atoms with Crippen molar-refractivity contribution in [2.75, 3.05) is 32.9 Å². The first-order chi connectivity index (χ1) is 18.2. The van der Waals surface area contributed by atoms with Gasteiger partial charge in [-0.2, -0.15) is 0 Å². The number of aryl methyl sites for hydroxylation is 2. The third-order valence-electron chi connectivity index (χ3n) is 6.89. The zero-order chi connectivity index (χ0) is 27.7. The number of carbonyl (C=O) groups excluding carboxylic acids is 2. The molecule has 3 rings (SSSR count). The molecule has 1 heterocycles. The predicted molar refractivity (Wildman–Crippen MR) is 150 cm³/mol. The van der Waals surface area contributed by atoms with Gasteiger partial charge in [0.25, 0.3) is 0 Å². The largest absolute Gasteiger partial charge is 0.461 e. The first-order valence-electron chi connectivity index (χ1n) is 12.7. The van der Waals surface area contributed by atoms with Crippen LogP contribution in [0.1, 0.15) is 45.8 Å². The fourth-order valence-corrected chi connectivity index (χ4v) is 7.00. The smallest absolute Gasteiger partial charge is 0.348 e. The molecule has 2 aromatic rings. The zero-order valence-corrected chi connectivity index (χ0v) is 24.1. The van der Waals surface area contributed by atoms with Crippen LogP contribution in [0.5, 0.6) is 0 Å². The number of hydrogen-bond acceptors (Lipinski definition) is 7. The highest BCUT2D eigenvalue weighted by Crippen LogP contribution is 2.42. The number of hydrogen-bond donors (Lipinski definition) is 3.